The van der Waals surface area contributed by atoms with Gasteiger partial charge in [0.25, 0.3) is 0 Å². The summed E-state index contributed by atoms with van der Waals surface area (Å²) in [6.07, 6.45) is 4.00. The van der Waals surface area contributed by atoms with Crippen molar-refractivity contribution < 1.29 is 4.79 Å². The van der Waals surface area contributed by atoms with Crippen LogP contribution in [-0.2, 0) is 4.79 Å². The van der Waals surface area contributed by atoms with Gasteiger partial charge in [0.05, 0.1) is 0 Å². The first-order valence-electron chi connectivity index (χ1n) is 5.25. The Morgan fingerprint density at radius 1 is 1.69 bits per heavy atom. The maximum atomic E-state index is 11.4. The van der Waals surface area contributed by atoms with E-state index < -0.39 is 0 Å². The van der Waals surface area contributed by atoms with Crippen molar-refractivity contribution in [3.63, 3.8) is 0 Å². The molecule has 3 heteroatoms. The summed E-state index contributed by atoms with van der Waals surface area (Å²) in [5.74, 6) is 0.189. The van der Waals surface area contributed by atoms with Gasteiger partial charge in [-0.15, -0.1) is 0 Å². The topological polar surface area (TPSA) is 41.1 Å². The first kappa shape index (κ1) is 10.5. The normalized spacial score (nSPS) is 24.3. The van der Waals surface area contributed by atoms with Crippen molar-refractivity contribution >= 4 is 5.91 Å². The monoisotopic (exact) mass is 184 g/mol. The number of rotatable bonds is 4. The largest absolute Gasteiger partial charge is 0.354 e. The predicted molar refractivity (Wildman–Crippen MR) is 53.5 cm³/mol. The zero-order valence-corrected chi connectivity index (χ0v) is 8.60. The summed E-state index contributed by atoms with van der Waals surface area (Å²) in [4.78, 5) is 11.4. The minimum Gasteiger partial charge on any atom is -0.354 e. The summed E-state index contributed by atoms with van der Waals surface area (Å²) in [6, 6.07) is 0.734. The third-order valence-corrected chi connectivity index (χ3v) is 2.61. The van der Waals surface area contributed by atoms with E-state index in [-0.39, 0.29) is 5.91 Å². The van der Waals surface area contributed by atoms with E-state index in [1.54, 1.807) is 0 Å². The summed E-state index contributed by atoms with van der Waals surface area (Å²) in [5, 5.41) is 6.30. The summed E-state index contributed by atoms with van der Waals surface area (Å²) in [7, 11) is 0. The van der Waals surface area contributed by atoms with E-state index in [0.29, 0.717) is 18.5 Å². The highest BCUT2D eigenvalue weighted by molar-refractivity contribution is 5.76. The van der Waals surface area contributed by atoms with Crippen LogP contribution in [0.5, 0.6) is 0 Å². The Kier molecular flexibility index (Phi) is 4.22. The first-order valence-corrected chi connectivity index (χ1v) is 5.25. The third-order valence-electron chi connectivity index (χ3n) is 2.61. The van der Waals surface area contributed by atoms with Gasteiger partial charge in [0.15, 0.2) is 0 Å². The molecule has 3 nitrogen and oxygen atoms in total. The van der Waals surface area contributed by atoms with Crippen molar-refractivity contribution in [2.75, 3.05) is 6.54 Å². The molecule has 0 saturated carbocycles. The molecular formula is C10H20N2O. The van der Waals surface area contributed by atoms with Gasteiger partial charge in [-0.25, -0.2) is 0 Å². The van der Waals surface area contributed by atoms with E-state index in [1.165, 1.54) is 6.42 Å². The highest BCUT2D eigenvalue weighted by Gasteiger charge is 2.17. The van der Waals surface area contributed by atoms with Crippen LogP contribution in [0.2, 0.25) is 0 Å². The molecule has 1 fully saturated rings. The van der Waals surface area contributed by atoms with E-state index >= 15 is 0 Å². The van der Waals surface area contributed by atoms with Crippen molar-refractivity contribution in [2.24, 2.45) is 0 Å². The molecule has 1 saturated heterocycles. The average molecular weight is 184 g/mol. The fraction of sp³-hybridized carbons (Fsp3) is 0.900. The summed E-state index contributed by atoms with van der Waals surface area (Å²) in [5.41, 5.74) is 0. The predicted octanol–water partition coefficient (Wildman–Crippen LogP) is 1.04. The van der Waals surface area contributed by atoms with Crippen LogP contribution in [0, 0.1) is 0 Å². The third kappa shape index (κ3) is 3.77. The first-order chi connectivity index (χ1) is 6.22. The van der Waals surface area contributed by atoms with Crippen LogP contribution in [-0.4, -0.2) is 24.5 Å². The van der Waals surface area contributed by atoms with Crippen molar-refractivity contribution in [3.05, 3.63) is 0 Å². The van der Waals surface area contributed by atoms with Crippen LogP contribution in [0.15, 0.2) is 0 Å². The lowest BCUT2D eigenvalue weighted by molar-refractivity contribution is -0.122. The van der Waals surface area contributed by atoms with Crippen molar-refractivity contribution in [2.45, 2.75) is 51.6 Å². The van der Waals surface area contributed by atoms with E-state index in [2.05, 4.69) is 17.6 Å². The minimum absolute atomic E-state index is 0.189. The average Bonchev–Trinajstić information content (AvgIpc) is 2.56. The molecule has 1 rings (SSSR count). The number of hydrogen-bond acceptors (Lipinski definition) is 2. The van der Waals surface area contributed by atoms with Gasteiger partial charge in [0, 0.05) is 18.5 Å². The van der Waals surface area contributed by atoms with Gasteiger partial charge in [-0.05, 0) is 32.7 Å². The minimum atomic E-state index is 0.189. The molecule has 0 radical (unpaired) electrons. The van der Waals surface area contributed by atoms with Gasteiger partial charge < -0.3 is 10.6 Å². The molecule has 2 N–H and O–H groups in total. The second kappa shape index (κ2) is 5.22. The molecule has 13 heavy (non-hydrogen) atoms. The molecule has 0 aromatic rings. The highest BCUT2D eigenvalue weighted by Crippen LogP contribution is 2.08. The van der Waals surface area contributed by atoms with Gasteiger partial charge >= 0.3 is 0 Å². The molecular weight excluding hydrogens is 164 g/mol. The number of nitrogens with one attached hydrogen (secondary N) is 2. The van der Waals surface area contributed by atoms with E-state index in [0.717, 1.165) is 19.4 Å². The molecule has 0 aromatic carbocycles. The highest BCUT2D eigenvalue weighted by atomic mass is 16.1. The zero-order valence-electron chi connectivity index (χ0n) is 8.60. The van der Waals surface area contributed by atoms with E-state index in [9.17, 15) is 4.79 Å². The molecule has 2 unspecified atom stereocenters. The van der Waals surface area contributed by atoms with Gasteiger partial charge in [0.2, 0.25) is 5.91 Å². The summed E-state index contributed by atoms with van der Waals surface area (Å²) in [6.45, 7) is 5.19. The summed E-state index contributed by atoms with van der Waals surface area (Å²) >= 11 is 0. The lowest BCUT2D eigenvalue weighted by atomic mass is 10.1. The smallest absolute Gasteiger partial charge is 0.221 e. The summed E-state index contributed by atoms with van der Waals surface area (Å²) < 4.78 is 0. The fourth-order valence-corrected chi connectivity index (χ4v) is 1.59. The van der Waals surface area contributed by atoms with Crippen LogP contribution >= 0.6 is 0 Å². The Morgan fingerprint density at radius 3 is 3.00 bits per heavy atom. The molecule has 0 aromatic heterocycles. The number of amides is 1. The number of carbonyl (C=O) groups is 1. The van der Waals surface area contributed by atoms with Crippen LogP contribution in [0.3, 0.4) is 0 Å². The lowest BCUT2D eigenvalue weighted by Crippen LogP contribution is -2.36. The molecule has 2 atom stereocenters. The molecule has 76 valence electrons. The van der Waals surface area contributed by atoms with Crippen molar-refractivity contribution in [1.29, 1.82) is 0 Å². The van der Waals surface area contributed by atoms with Gasteiger partial charge in [0.1, 0.15) is 0 Å². The molecule has 0 spiro atoms. The van der Waals surface area contributed by atoms with Gasteiger partial charge in [-0.3, -0.25) is 4.79 Å². The SMILES string of the molecule is CCC(C)NC(=O)CC1CCCN1. The molecule has 0 aliphatic carbocycles. The zero-order chi connectivity index (χ0) is 9.68. The van der Waals surface area contributed by atoms with Crippen LogP contribution in [0.25, 0.3) is 0 Å². The molecule has 0 bridgehead atoms. The van der Waals surface area contributed by atoms with Crippen molar-refractivity contribution in [3.8, 4) is 0 Å². The molecule has 1 aliphatic heterocycles. The van der Waals surface area contributed by atoms with Crippen molar-refractivity contribution in [1.82, 2.24) is 10.6 Å². The van der Waals surface area contributed by atoms with Crippen LogP contribution in [0.1, 0.15) is 39.5 Å². The standard InChI is InChI=1S/C10H20N2O/c1-3-8(2)12-10(13)7-9-5-4-6-11-9/h8-9,11H,3-7H2,1-2H3,(H,12,13). The fourth-order valence-electron chi connectivity index (χ4n) is 1.59. The number of hydrogen-bond donors (Lipinski definition) is 2. The second-order valence-electron chi connectivity index (χ2n) is 3.87. The Hall–Kier alpha value is -0.570. The Morgan fingerprint density at radius 2 is 2.46 bits per heavy atom. The van der Waals surface area contributed by atoms with Crippen LogP contribution < -0.4 is 10.6 Å². The maximum absolute atomic E-state index is 11.4. The second-order valence-corrected chi connectivity index (χ2v) is 3.87. The molecule has 1 aliphatic rings. The Balaban J connectivity index is 2.16. The van der Waals surface area contributed by atoms with Gasteiger partial charge in [-0.1, -0.05) is 6.92 Å². The van der Waals surface area contributed by atoms with Gasteiger partial charge in [-0.2, -0.15) is 0 Å². The van der Waals surface area contributed by atoms with E-state index in [4.69, 9.17) is 0 Å². The molecule has 1 amide bonds. The maximum Gasteiger partial charge on any atom is 0.221 e. The Labute approximate surface area is 80.3 Å². The Bertz CT molecular complexity index is 164. The lowest BCUT2D eigenvalue weighted by Gasteiger charge is -2.14. The van der Waals surface area contributed by atoms with Crippen LogP contribution in [0.4, 0.5) is 0 Å². The molecule has 1 heterocycles. The van der Waals surface area contributed by atoms with E-state index in [1.807, 2.05) is 6.92 Å². The quantitative estimate of drug-likeness (QED) is 0.685. The number of carbonyl (C=O) groups excluding carboxylic acids is 1.